The Morgan fingerprint density at radius 2 is 2.00 bits per heavy atom. The number of hydrogen-bond donors (Lipinski definition) is 2. The molecule has 1 heterocycles. The Kier molecular flexibility index (Phi) is 3.26. The number of carbonyl (C=O) groups excluding carboxylic acids is 1. The molecule has 0 radical (unpaired) electrons. The maximum atomic E-state index is 12.3. The molecule has 0 aliphatic heterocycles. The first-order valence-corrected chi connectivity index (χ1v) is 7.68. The summed E-state index contributed by atoms with van der Waals surface area (Å²) in [6.45, 7) is 0. The minimum atomic E-state index is -0.145. The minimum absolute atomic E-state index is 0.145. The molecule has 1 amide bonds. The summed E-state index contributed by atoms with van der Waals surface area (Å²) in [6, 6.07) is 12.8. The molecule has 2 N–H and O–H groups in total. The van der Waals surface area contributed by atoms with Crippen molar-refractivity contribution in [2.24, 2.45) is 0 Å². The van der Waals surface area contributed by atoms with Crippen LogP contribution in [0.5, 0.6) is 5.75 Å². The van der Waals surface area contributed by atoms with Crippen molar-refractivity contribution < 1.29 is 9.53 Å². The normalized spacial score (nSPS) is 14.0. The smallest absolute Gasteiger partial charge is 0.255 e. The number of aromatic amines is 1. The average molecular weight is 307 g/mol. The van der Waals surface area contributed by atoms with Crippen LogP contribution in [0, 0.1) is 0 Å². The molecular weight excluding hydrogens is 290 g/mol. The number of anilines is 1. The van der Waals surface area contributed by atoms with E-state index in [0.717, 1.165) is 28.3 Å². The van der Waals surface area contributed by atoms with Gasteiger partial charge in [0.15, 0.2) is 0 Å². The fraction of sp³-hybridized carbons (Fsp3) is 0.222. The standard InChI is InChI=1S/C18H17N3O2/c1-23-14-7-4-12(5-8-14)18(22)19-13-6-9-15-16(10-13)21-17(20-15)11-2-3-11/h4-11H,2-3H2,1H3,(H,19,22)(H,20,21). The van der Waals surface area contributed by atoms with Gasteiger partial charge >= 0.3 is 0 Å². The number of nitrogens with one attached hydrogen (secondary N) is 2. The van der Waals surface area contributed by atoms with Crippen LogP contribution in [0.1, 0.15) is 34.9 Å². The van der Waals surface area contributed by atoms with E-state index in [1.165, 1.54) is 12.8 Å². The van der Waals surface area contributed by atoms with Gasteiger partial charge < -0.3 is 15.0 Å². The fourth-order valence-corrected chi connectivity index (χ4v) is 2.60. The molecule has 3 aromatic rings. The van der Waals surface area contributed by atoms with E-state index in [2.05, 4.69) is 15.3 Å². The number of aromatic nitrogens is 2. The van der Waals surface area contributed by atoms with Gasteiger partial charge in [0.25, 0.3) is 5.91 Å². The lowest BCUT2D eigenvalue weighted by molar-refractivity contribution is 0.102. The number of amides is 1. The van der Waals surface area contributed by atoms with Crippen molar-refractivity contribution in [3.8, 4) is 5.75 Å². The Balaban J connectivity index is 1.54. The highest BCUT2D eigenvalue weighted by Crippen LogP contribution is 2.39. The predicted molar refractivity (Wildman–Crippen MR) is 89.0 cm³/mol. The van der Waals surface area contributed by atoms with Gasteiger partial charge in [-0.15, -0.1) is 0 Å². The number of fused-ring (bicyclic) bond motifs is 1. The lowest BCUT2D eigenvalue weighted by Gasteiger charge is -2.06. The first-order chi connectivity index (χ1) is 11.2. The number of nitrogens with zero attached hydrogens (tertiary/aromatic N) is 1. The maximum absolute atomic E-state index is 12.3. The minimum Gasteiger partial charge on any atom is -0.497 e. The van der Waals surface area contributed by atoms with Crippen molar-refractivity contribution in [3.63, 3.8) is 0 Å². The molecule has 1 aliphatic rings. The first-order valence-electron chi connectivity index (χ1n) is 7.68. The second-order valence-electron chi connectivity index (χ2n) is 5.81. The number of benzene rings is 2. The zero-order chi connectivity index (χ0) is 15.8. The van der Waals surface area contributed by atoms with Crippen molar-refractivity contribution in [3.05, 3.63) is 53.9 Å². The van der Waals surface area contributed by atoms with Crippen LogP contribution in [0.3, 0.4) is 0 Å². The number of H-pyrrole nitrogens is 1. The molecule has 0 atom stereocenters. The highest BCUT2D eigenvalue weighted by atomic mass is 16.5. The van der Waals surface area contributed by atoms with Gasteiger partial charge in [0.1, 0.15) is 11.6 Å². The molecule has 1 saturated carbocycles. The second kappa shape index (κ2) is 5.43. The predicted octanol–water partition coefficient (Wildman–Crippen LogP) is 3.70. The van der Waals surface area contributed by atoms with E-state index in [1.807, 2.05) is 18.2 Å². The van der Waals surface area contributed by atoms with Gasteiger partial charge in [-0.25, -0.2) is 4.98 Å². The summed E-state index contributed by atoms with van der Waals surface area (Å²) in [5.41, 5.74) is 3.24. The van der Waals surface area contributed by atoms with Gasteiger partial charge in [-0.1, -0.05) is 0 Å². The summed E-state index contributed by atoms with van der Waals surface area (Å²) < 4.78 is 5.10. The van der Waals surface area contributed by atoms with Crippen LogP contribution in [0.2, 0.25) is 0 Å². The zero-order valence-corrected chi connectivity index (χ0v) is 12.8. The Morgan fingerprint density at radius 1 is 1.22 bits per heavy atom. The molecule has 0 saturated heterocycles. The molecule has 5 nitrogen and oxygen atoms in total. The van der Waals surface area contributed by atoms with E-state index >= 15 is 0 Å². The van der Waals surface area contributed by atoms with Crippen molar-refractivity contribution in [2.45, 2.75) is 18.8 Å². The average Bonchev–Trinajstić information content (AvgIpc) is 3.34. The number of hydrogen-bond acceptors (Lipinski definition) is 3. The summed E-state index contributed by atoms with van der Waals surface area (Å²) in [7, 11) is 1.60. The monoisotopic (exact) mass is 307 g/mol. The van der Waals surface area contributed by atoms with Gasteiger partial charge in [0.05, 0.1) is 18.1 Å². The molecule has 1 fully saturated rings. The van der Waals surface area contributed by atoms with Crippen molar-refractivity contribution in [1.29, 1.82) is 0 Å². The van der Waals surface area contributed by atoms with E-state index < -0.39 is 0 Å². The van der Waals surface area contributed by atoms with E-state index in [1.54, 1.807) is 31.4 Å². The molecule has 0 unspecified atom stereocenters. The Bertz CT molecular complexity index is 864. The summed E-state index contributed by atoms with van der Waals surface area (Å²) in [5, 5.41) is 2.91. The third-order valence-electron chi connectivity index (χ3n) is 4.07. The SMILES string of the molecule is COc1ccc(C(=O)Nc2ccc3nc(C4CC4)[nH]c3c2)cc1. The van der Waals surface area contributed by atoms with Crippen LogP contribution in [-0.2, 0) is 0 Å². The van der Waals surface area contributed by atoms with Crippen LogP contribution in [0.15, 0.2) is 42.5 Å². The largest absolute Gasteiger partial charge is 0.497 e. The topological polar surface area (TPSA) is 67.0 Å². The van der Waals surface area contributed by atoms with Crippen LogP contribution >= 0.6 is 0 Å². The first kappa shape index (κ1) is 13.8. The Labute approximate surface area is 133 Å². The van der Waals surface area contributed by atoms with Crippen LogP contribution in [0.4, 0.5) is 5.69 Å². The highest BCUT2D eigenvalue weighted by Gasteiger charge is 2.26. The number of carbonyl (C=O) groups is 1. The molecule has 1 aromatic heterocycles. The Morgan fingerprint density at radius 3 is 2.70 bits per heavy atom. The summed E-state index contributed by atoms with van der Waals surface area (Å²) in [6.07, 6.45) is 2.42. The van der Waals surface area contributed by atoms with E-state index in [0.29, 0.717) is 11.5 Å². The van der Waals surface area contributed by atoms with Crippen molar-refractivity contribution in [1.82, 2.24) is 9.97 Å². The van der Waals surface area contributed by atoms with E-state index in [9.17, 15) is 4.79 Å². The quantitative estimate of drug-likeness (QED) is 0.772. The molecular formula is C18H17N3O2. The third kappa shape index (κ3) is 2.77. The number of ether oxygens (including phenoxy) is 1. The number of imidazole rings is 1. The van der Waals surface area contributed by atoms with Gasteiger partial charge in [0, 0.05) is 17.2 Å². The van der Waals surface area contributed by atoms with Gasteiger partial charge in [-0.05, 0) is 55.3 Å². The van der Waals surface area contributed by atoms with Crippen molar-refractivity contribution in [2.75, 3.05) is 12.4 Å². The highest BCUT2D eigenvalue weighted by molar-refractivity contribution is 6.05. The molecule has 4 rings (SSSR count). The third-order valence-corrected chi connectivity index (χ3v) is 4.07. The second-order valence-corrected chi connectivity index (χ2v) is 5.81. The molecule has 1 aliphatic carbocycles. The summed E-state index contributed by atoms with van der Waals surface area (Å²) in [4.78, 5) is 20.2. The van der Waals surface area contributed by atoms with E-state index in [-0.39, 0.29) is 5.91 Å². The van der Waals surface area contributed by atoms with E-state index in [4.69, 9.17) is 4.74 Å². The molecule has 0 spiro atoms. The van der Waals surface area contributed by atoms with Gasteiger partial charge in [0.2, 0.25) is 0 Å². The van der Waals surface area contributed by atoms with Crippen molar-refractivity contribution >= 4 is 22.6 Å². The summed E-state index contributed by atoms with van der Waals surface area (Å²) >= 11 is 0. The molecule has 5 heteroatoms. The maximum Gasteiger partial charge on any atom is 0.255 e. The van der Waals surface area contributed by atoms with Gasteiger partial charge in [-0.3, -0.25) is 4.79 Å². The Hall–Kier alpha value is -2.82. The lowest BCUT2D eigenvalue weighted by atomic mass is 10.2. The van der Waals surface area contributed by atoms with Gasteiger partial charge in [-0.2, -0.15) is 0 Å². The number of methoxy groups -OCH3 is 1. The molecule has 116 valence electrons. The zero-order valence-electron chi connectivity index (χ0n) is 12.8. The van der Waals surface area contributed by atoms with Crippen LogP contribution in [0.25, 0.3) is 11.0 Å². The molecule has 23 heavy (non-hydrogen) atoms. The lowest BCUT2D eigenvalue weighted by Crippen LogP contribution is -2.11. The van der Waals surface area contributed by atoms with Crippen LogP contribution in [-0.4, -0.2) is 23.0 Å². The molecule has 0 bridgehead atoms. The fourth-order valence-electron chi connectivity index (χ4n) is 2.60. The summed E-state index contributed by atoms with van der Waals surface area (Å²) in [5.74, 6) is 2.22. The molecule has 2 aromatic carbocycles. The van der Waals surface area contributed by atoms with Crippen LogP contribution < -0.4 is 10.1 Å². The number of rotatable bonds is 4.